The molecular formula is C58H75N5O6. The van der Waals surface area contributed by atoms with Gasteiger partial charge < -0.3 is 41.7 Å². The average Bonchev–Trinajstić information content (AvgIpc) is 3.75. The Balaban J connectivity index is 0.910. The number of ketones is 2. The number of benzene rings is 3. The first-order chi connectivity index (χ1) is 33.5. The van der Waals surface area contributed by atoms with Gasteiger partial charge in [-0.3, -0.25) is 9.59 Å². The number of aromatic hydroxyl groups is 1. The van der Waals surface area contributed by atoms with Gasteiger partial charge in [-0.2, -0.15) is 0 Å². The lowest BCUT2D eigenvalue weighted by molar-refractivity contribution is -0.124. The molecule has 69 heavy (non-hydrogen) atoms. The number of carbonyl (C=O) groups is 2. The number of nitrogens with zero attached hydrogens (tertiary/aromatic N) is 1. The van der Waals surface area contributed by atoms with E-state index in [1.165, 1.54) is 35.6 Å². The summed E-state index contributed by atoms with van der Waals surface area (Å²) < 4.78 is 5.34. The molecule has 1 saturated heterocycles. The maximum absolute atomic E-state index is 13.6. The van der Waals surface area contributed by atoms with E-state index in [1.54, 1.807) is 24.4 Å². The van der Waals surface area contributed by atoms with Crippen LogP contribution in [0.1, 0.15) is 110 Å². The van der Waals surface area contributed by atoms with Crippen molar-refractivity contribution in [3.05, 3.63) is 136 Å². The van der Waals surface area contributed by atoms with E-state index in [0.29, 0.717) is 66.5 Å². The summed E-state index contributed by atoms with van der Waals surface area (Å²) in [5.41, 5.74) is 13.5. The molecule has 11 nitrogen and oxygen atoms in total. The van der Waals surface area contributed by atoms with Crippen LogP contribution in [-0.4, -0.2) is 83.0 Å². The van der Waals surface area contributed by atoms with Crippen molar-refractivity contribution >= 4 is 23.5 Å². The number of nitrogens with two attached hydrogens (primary N) is 1. The Bertz CT molecular complexity index is 2400. The summed E-state index contributed by atoms with van der Waals surface area (Å²) in [6, 6.07) is 25.2. The highest BCUT2D eigenvalue weighted by Gasteiger charge is 2.49. The molecule has 3 heterocycles. The molecule has 4 aliphatic rings. The highest BCUT2D eigenvalue weighted by atomic mass is 16.6. The van der Waals surface area contributed by atoms with Crippen LogP contribution >= 0.6 is 0 Å². The van der Waals surface area contributed by atoms with Crippen LogP contribution < -0.4 is 26.4 Å². The predicted octanol–water partition coefficient (Wildman–Crippen LogP) is 7.86. The van der Waals surface area contributed by atoms with Crippen molar-refractivity contribution in [2.45, 2.75) is 121 Å². The standard InChI is InChI=1S/C58H75N5O6/c1-39(65)35-62-49-20-23-58(33-49,34-53-52-21-25-60-36-48(52)27-45-12-7-24-61-57(45)53)22-6-13-50(66)32-51(67)19-18-43-30-55(69-38-64)54(68)29-46(43)28-47-37-63-56(59)31-44(47)17-16-42-11-5-10-41(26-42)15-14-40-8-3-2-4-9-40/h2-5,7-12,18-19,26,29-31,37,39,45,48-49,52-53,57,60-62,64-65,68H,6,13-17,20-25,27-28,32-36,38H2,1H3,(H2,59,63). The Labute approximate surface area is 409 Å². The van der Waals surface area contributed by atoms with Crippen LogP contribution in [0.25, 0.3) is 6.08 Å². The molecule has 8 unspecified atom stereocenters. The molecule has 0 bridgehead atoms. The van der Waals surface area contributed by atoms with Gasteiger partial charge >= 0.3 is 0 Å². The molecule has 1 aromatic heterocycles. The van der Waals surface area contributed by atoms with Crippen molar-refractivity contribution < 1.29 is 29.6 Å². The van der Waals surface area contributed by atoms with Crippen LogP contribution in [0.2, 0.25) is 0 Å². The lowest BCUT2D eigenvalue weighted by Crippen LogP contribution is -2.56. The first-order valence-corrected chi connectivity index (χ1v) is 25.7. The number of phenols is 1. The van der Waals surface area contributed by atoms with Gasteiger partial charge in [0.1, 0.15) is 11.6 Å². The number of pyridine rings is 1. The minimum atomic E-state index is -0.627. The molecule has 368 valence electrons. The summed E-state index contributed by atoms with van der Waals surface area (Å²) in [5, 5.41) is 41.9. The zero-order valence-corrected chi connectivity index (χ0v) is 40.6. The van der Waals surface area contributed by atoms with Gasteiger partial charge in [-0.25, -0.2) is 4.98 Å². The van der Waals surface area contributed by atoms with Crippen LogP contribution in [-0.2, 0) is 41.7 Å². The van der Waals surface area contributed by atoms with E-state index in [9.17, 15) is 24.9 Å². The van der Waals surface area contributed by atoms with E-state index < -0.39 is 12.9 Å². The number of aliphatic hydroxyl groups is 2. The molecule has 3 aromatic carbocycles. The Hall–Kier alpha value is -5.17. The van der Waals surface area contributed by atoms with Gasteiger partial charge in [0.25, 0.3) is 0 Å². The summed E-state index contributed by atoms with van der Waals surface area (Å²) in [6.07, 6.45) is 21.8. The fourth-order valence-corrected chi connectivity index (χ4v) is 12.4. The Morgan fingerprint density at radius 3 is 2.59 bits per heavy atom. The maximum atomic E-state index is 13.6. The highest BCUT2D eigenvalue weighted by molar-refractivity contribution is 6.06. The average molecular weight is 938 g/mol. The number of nitrogen functional groups attached to an aromatic ring is 1. The fraction of sp³-hybridized carbons (Fsp3) is 0.500. The number of fused-ring (bicyclic) bond motifs is 2. The van der Waals surface area contributed by atoms with E-state index >= 15 is 0 Å². The largest absolute Gasteiger partial charge is 0.504 e. The van der Waals surface area contributed by atoms with Gasteiger partial charge in [-0.1, -0.05) is 72.8 Å². The fourth-order valence-electron chi connectivity index (χ4n) is 12.4. The Kier molecular flexibility index (Phi) is 17.5. The van der Waals surface area contributed by atoms with Gasteiger partial charge in [-0.05, 0) is 196 Å². The smallest absolute Gasteiger partial charge is 0.186 e. The van der Waals surface area contributed by atoms with Crippen molar-refractivity contribution in [2.24, 2.45) is 29.1 Å². The van der Waals surface area contributed by atoms with E-state index in [1.807, 2.05) is 19.1 Å². The number of aromatic nitrogens is 1. The molecule has 8 N–H and O–H groups in total. The Morgan fingerprint density at radius 1 is 0.986 bits per heavy atom. The number of nitrogens with one attached hydrogen (secondary N) is 3. The predicted molar refractivity (Wildman–Crippen MR) is 274 cm³/mol. The molecule has 2 aliphatic carbocycles. The second-order valence-electron chi connectivity index (χ2n) is 20.8. The zero-order valence-electron chi connectivity index (χ0n) is 40.6. The van der Waals surface area contributed by atoms with Crippen molar-refractivity contribution in [1.29, 1.82) is 0 Å². The van der Waals surface area contributed by atoms with E-state index in [2.05, 4.69) is 81.6 Å². The summed E-state index contributed by atoms with van der Waals surface area (Å²) in [5.74, 6) is 2.54. The molecule has 3 fully saturated rings. The monoisotopic (exact) mass is 938 g/mol. The SMILES string of the molecule is CC(O)CNC1CCC(CCCC(=O)CC(=O)C=Cc2cc(OCO)c(O)cc2Cc2cnc(N)cc2CCc2cccc(CCc3ccccc3)c2)(CC2C3CCNCC3CC3C=CCNC32)C1. The lowest BCUT2D eigenvalue weighted by atomic mass is 9.57. The first-order valence-electron chi connectivity index (χ1n) is 25.7. The van der Waals surface area contributed by atoms with Crippen LogP contribution in [0.15, 0.2) is 97.2 Å². The number of piperidine rings is 1. The van der Waals surface area contributed by atoms with Crippen LogP contribution in [0.4, 0.5) is 5.82 Å². The van der Waals surface area contributed by atoms with Gasteiger partial charge in [0.15, 0.2) is 24.1 Å². The number of ether oxygens (including phenoxy) is 1. The van der Waals surface area contributed by atoms with Crippen molar-refractivity contribution in [3.8, 4) is 11.5 Å². The number of hydrogen-bond acceptors (Lipinski definition) is 11. The summed E-state index contributed by atoms with van der Waals surface area (Å²) >= 11 is 0. The third kappa shape index (κ3) is 13.8. The van der Waals surface area contributed by atoms with Gasteiger partial charge in [0, 0.05) is 37.8 Å². The van der Waals surface area contributed by atoms with E-state index in [0.717, 1.165) is 101 Å². The minimum Gasteiger partial charge on any atom is -0.504 e. The third-order valence-electron chi connectivity index (χ3n) is 15.8. The lowest BCUT2D eigenvalue weighted by Gasteiger charge is -2.52. The van der Waals surface area contributed by atoms with E-state index in [-0.39, 0.29) is 34.9 Å². The molecule has 8 rings (SSSR count). The number of allylic oxidation sites excluding steroid dienone is 1. The molecule has 2 aliphatic heterocycles. The van der Waals surface area contributed by atoms with Crippen molar-refractivity contribution in [1.82, 2.24) is 20.9 Å². The maximum Gasteiger partial charge on any atom is 0.186 e. The summed E-state index contributed by atoms with van der Waals surface area (Å²) in [6.45, 7) is 4.88. The molecule has 8 atom stereocenters. The number of rotatable bonds is 23. The molecule has 0 amide bonds. The number of anilines is 1. The molecule has 2 saturated carbocycles. The molecule has 11 heteroatoms. The number of Topliss-reactive ketones (excluding diaryl/α,β-unsaturated/α-hetero) is 1. The number of aliphatic hydroxyl groups excluding tert-OH is 2. The van der Waals surface area contributed by atoms with Crippen molar-refractivity contribution in [2.75, 3.05) is 38.7 Å². The van der Waals surface area contributed by atoms with E-state index in [4.69, 9.17) is 10.5 Å². The number of aryl methyl sites for hydroxylation is 4. The Morgan fingerprint density at radius 2 is 1.78 bits per heavy atom. The second-order valence-corrected chi connectivity index (χ2v) is 20.8. The quantitative estimate of drug-likeness (QED) is 0.0167. The summed E-state index contributed by atoms with van der Waals surface area (Å²) in [7, 11) is 0. The third-order valence-corrected chi connectivity index (χ3v) is 15.8. The van der Waals surface area contributed by atoms with Crippen LogP contribution in [0.3, 0.4) is 0 Å². The zero-order chi connectivity index (χ0) is 48.2. The first kappa shape index (κ1) is 50.2. The van der Waals surface area contributed by atoms with Gasteiger partial charge in [0.2, 0.25) is 0 Å². The second kappa shape index (κ2) is 24.1. The van der Waals surface area contributed by atoms with Gasteiger partial charge in [0.05, 0.1) is 12.5 Å². The minimum absolute atomic E-state index is 0.0636. The van der Waals surface area contributed by atoms with Crippen molar-refractivity contribution in [3.63, 3.8) is 0 Å². The normalized spacial score (nSPS) is 24.7. The number of phenolic OH excluding ortho intramolecular Hbond substituents is 1. The van der Waals surface area contributed by atoms with Crippen LogP contribution in [0, 0.1) is 29.1 Å². The molecule has 0 radical (unpaired) electrons. The molecule has 0 spiro atoms. The molecule has 4 aromatic rings. The van der Waals surface area contributed by atoms with Gasteiger partial charge in [-0.15, -0.1) is 0 Å². The summed E-state index contributed by atoms with van der Waals surface area (Å²) in [4.78, 5) is 31.5. The molecular weight excluding hydrogens is 863 g/mol. The number of carbonyl (C=O) groups excluding carboxylic acids is 2. The topological polar surface area (TPSA) is 179 Å². The van der Waals surface area contributed by atoms with Crippen LogP contribution in [0.5, 0.6) is 11.5 Å². The number of hydrogen-bond donors (Lipinski definition) is 7. The highest BCUT2D eigenvalue weighted by Crippen LogP contribution is 2.53.